The van der Waals surface area contributed by atoms with Crippen LogP contribution in [0.15, 0.2) is 6.07 Å². The molecule has 5 heteroatoms. The molecule has 1 aromatic rings. The number of anilines is 1. The van der Waals surface area contributed by atoms with Crippen molar-refractivity contribution in [1.29, 1.82) is 0 Å². The van der Waals surface area contributed by atoms with Crippen molar-refractivity contribution in [3.8, 4) is 0 Å². The molecule has 0 aliphatic heterocycles. The SMILES string of the molecule is CCOC(=O)c1sc(NC(=O)C2(CC)CCCC2)cc1C. The van der Waals surface area contributed by atoms with Crippen LogP contribution >= 0.6 is 11.3 Å². The summed E-state index contributed by atoms with van der Waals surface area (Å²) in [4.78, 5) is 25.0. The predicted molar refractivity (Wildman–Crippen MR) is 84.8 cm³/mol. The van der Waals surface area contributed by atoms with Gasteiger partial charge in [-0.25, -0.2) is 4.79 Å². The van der Waals surface area contributed by atoms with E-state index in [0.717, 1.165) is 42.7 Å². The number of rotatable bonds is 5. The zero-order valence-corrected chi connectivity index (χ0v) is 13.8. The zero-order valence-electron chi connectivity index (χ0n) is 13.0. The summed E-state index contributed by atoms with van der Waals surface area (Å²) in [7, 11) is 0. The van der Waals surface area contributed by atoms with Crippen LogP contribution in [0.1, 0.15) is 61.2 Å². The summed E-state index contributed by atoms with van der Waals surface area (Å²) in [6.07, 6.45) is 5.04. The number of hydrogen-bond acceptors (Lipinski definition) is 4. The van der Waals surface area contributed by atoms with E-state index in [4.69, 9.17) is 4.74 Å². The van der Waals surface area contributed by atoms with E-state index in [1.54, 1.807) is 6.92 Å². The Morgan fingerprint density at radius 2 is 2.00 bits per heavy atom. The van der Waals surface area contributed by atoms with Crippen molar-refractivity contribution in [2.45, 2.75) is 52.9 Å². The second-order valence-electron chi connectivity index (χ2n) is 5.64. The Morgan fingerprint density at radius 1 is 1.33 bits per heavy atom. The maximum atomic E-state index is 12.6. The van der Waals surface area contributed by atoms with E-state index in [-0.39, 0.29) is 17.3 Å². The lowest BCUT2D eigenvalue weighted by Gasteiger charge is -2.25. The number of esters is 1. The van der Waals surface area contributed by atoms with Crippen molar-refractivity contribution in [3.63, 3.8) is 0 Å². The van der Waals surface area contributed by atoms with Crippen molar-refractivity contribution in [2.75, 3.05) is 11.9 Å². The molecule has 0 aromatic carbocycles. The fourth-order valence-corrected chi connectivity index (χ4v) is 3.94. The second kappa shape index (κ2) is 6.60. The monoisotopic (exact) mass is 309 g/mol. The molecule has 1 heterocycles. The van der Waals surface area contributed by atoms with Crippen LogP contribution in [0.5, 0.6) is 0 Å². The van der Waals surface area contributed by atoms with Crippen LogP contribution in [0.2, 0.25) is 0 Å². The van der Waals surface area contributed by atoms with E-state index in [2.05, 4.69) is 12.2 Å². The number of ether oxygens (including phenoxy) is 1. The van der Waals surface area contributed by atoms with Gasteiger partial charge in [-0.1, -0.05) is 19.8 Å². The Morgan fingerprint density at radius 3 is 2.57 bits per heavy atom. The Balaban J connectivity index is 2.11. The number of carbonyl (C=O) groups is 2. The average molecular weight is 309 g/mol. The van der Waals surface area contributed by atoms with E-state index in [0.29, 0.717) is 11.5 Å². The van der Waals surface area contributed by atoms with E-state index in [1.165, 1.54) is 11.3 Å². The average Bonchev–Trinajstić information content (AvgIpc) is 3.06. The maximum Gasteiger partial charge on any atom is 0.348 e. The van der Waals surface area contributed by atoms with Crippen molar-refractivity contribution in [1.82, 2.24) is 0 Å². The molecule has 1 aliphatic rings. The van der Waals surface area contributed by atoms with E-state index in [1.807, 2.05) is 13.0 Å². The highest BCUT2D eigenvalue weighted by Crippen LogP contribution is 2.42. The molecule has 116 valence electrons. The quantitative estimate of drug-likeness (QED) is 0.832. The molecule has 1 aromatic heterocycles. The summed E-state index contributed by atoms with van der Waals surface area (Å²) in [6, 6.07) is 1.85. The van der Waals surface area contributed by atoms with Gasteiger partial charge in [0.25, 0.3) is 0 Å². The number of hydrogen-bond donors (Lipinski definition) is 1. The van der Waals surface area contributed by atoms with Gasteiger partial charge < -0.3 is 10.1 Å². The van der Waals surface area contributed by atoms with Gasteiger partial charge in [-0.15, -0.1) is 11.3 Å². The fourth-order valence-electron chi connectivity index (χ4n) is 2.98. The number of carbonyl (C=O) groups excluding carboxylic acids is 2. The fraction of sp³-hybridized carbons (Fsp3) is 0.625. The van der Waals surface area contributed by atoms with E-state index < -0.39 is 0 Å². The second-order valence-corrected chi connectivity index (χ2v) is 6.69. The van der Waals surface area contributed by atoms with Gasteiger partial charge in [-0.05, 0) is 44.7 Å². The number of amides is 1. The molecule has 21 heavy (non-hydrogen) atoms. The molecule has 1 aliphatic carbocycles. The van der Waals surface area contributed by atoms with E-state index >= 15 is 0 Å². The van der Waals surface area contributed by atoms with Gasteiger partial charge in [-0.2, -0.15) is 0 Å². The molecule has 1 saturated carbocycles. The van der Waals surface area contributed by atoms with E-state index in [9.17, 15) is 9.59 Å². The lowest BCUT2D eigenvalue weighted by molar-refractivity contribution is -0.125. The highest BCUT2D eigenvalue weighted by atomic mass is 32.1. The van der Waals surface area contributed by atoms with Crippen LogP contribution in [0, 0.1) is 12.3 Å². The largest absolute Gasteiger partial charge is 0.462 e. The first-order valence-corrected chi connectivity index (χ1v) is 8.43. The summed E-state index contributed by atoms with van der Waals surface area (Å²) in [5.74, 6) is -0.217. The minimum absolute atomic E-state index is 0.0964. The third-order valence-corrected chi connectivity index (χ3v) is 5.47. The van der Waals surface area contributed by atoms with Crippen LogP contribution in [-0.4, -0.2) is 18.5 Å². The van der Waals surface area contributed by atoms with Crippen LogP contribution in [0.3, 0.4) is 0 Å². The minimum Gasteiger partial charge on any atom is -0.462 e. The lowest BCUT2D eigenvalue weighted by Crippen LogP contribution is -2.32. The zero-order chi connectivity index (χ0) is 15.5. The van der Waals surface area contributed by atoms with Crippen LogP contribution in [0.25, 0.3) is 0 Å². The summed E-state index contributed by atoms with van der Waals surface area (Å²) in [6.45, 7) is 6.09. The van der Waals surface area contributed by atoms with Crippen molar-refractivity contribution >= 4 is 28.2 Å². The smallest absolute Gasteiger partial charge is 0.348 e. The molecule has 1 fully saturated rings. The van der Waals surface area contributed by atoms with Gasteiger partial charge in [0.1, 0.15) is 4.88 Å². The number of nitrogens with one attached hydrogen (secondary N) is 1. The summed E-state index contributed by atoms with van der Waals surface area (Å²) in [5, 5.41) is 3.74. The van der Waals surface area contributed by atoms with Gasteiger partial charge in [-0.3, -0.25) is 4.79 Å². The van der Waals surface area contributed by atoms with Crippen molar-refractivity contribution in [3.05, 3.63) is 16.5 Å². The third-order valence-electron chi connectivity index (χ3n) is 4.33. The molecule has 0 bridgehead atoms. The molecular formula is C16H23NO3S. The van der Waals surface area contributed by atoms with Crippen molar-refractivity contribution < 1.29 is 14.3 Å². The lowest BCUT2D eigenvalue weighted by atomic mass is 9.82. The normalized spacial score (nSPS) is 16.7. The minimum atomic E-state index is -0.313. The molecule has 1 amide bonds. The summed E-state index contributed by atoms with van der Waals surface area (Å²) >= 11 is 1.30. The highest BCUT2D eigenvalue weighted by molar-refractivity contribution is 7.18. The van der Waals surface area contributed by atoms with Gasteiger partial charge >= 0.3 is 5.97 Å². The Kier molecular flexibility index (Phi) is 5.04. The molecule has 0 spiro atoms. The van der Waals surface area contributed by atoms with Gasteiger partial charge in [0, 0.05) is 5.41 Å². The Hall–Kier alpha value is -1.36. The first kappa shape index (κ1) is 16.0. The number of thiophene rings is 1. The Labute approximate surface area is 129 Å². The summed E-state index contributed by atoms with van der Waals surface area (Å²) in [5.41, 5.74) is 0.632. The number of aryl methyl sites for hydroxylation is 1. The van der Waals surface area contributed by atoms with Crippen molar-refractivity contribution in [2.24, 2.45) is 5.41 Å². The molecular weight excluding hydrogens is 286 g/mol. The molecule has 0 saturated heterocycles. The first-order valence-electron chi connectivity index (χ1n) is 7.61. The van der Waals surface area contributed by atoms with Crippen LogP contribution < -0.4 is 5.32 Å². The first-order chi connectivity index (χ1) is 10.0. The standard InChI is InChI=1S/C16H23NO3S/c1-4-16(8-6-7-9-16)15(19)17-12-10-11(3)13(21-12)14(18)20-5-2/h10H,4-9H2,1-3H3,(H,17,19). The molecule has 0 atom stereocenters. The molecule has 2 rings (SSSR count). The Bertz CT molecular complexity index is 530. The maximum absolute atomic E-state index is 12.6. The molecule has 0 radical (unpaired) electrons. The van der Waals surface area contributed by atoms with Crippen LogP contribution in [0.4, 0.5) is 5.00 Å². The topological polar surface area (TPSA) is 55.4 Å². The molecule has 4 nitrogen and oxygen atoms in total. The summed E-state index contributed by atoms with van der Waals surface area (Å²) < 4.78 is 5.03. The highest BCUT2D eigenvalue weighted by Gasteiger charge is 2.39. The van der Waals surface area contributed by atoms with Gasteiger partial charge in [0.2, 0.25) is 5.91 Å². The van der Waals surface area contributed by atoms with Gasteiger partial charge in [0.05, 0.1) is 11.6 Å². The van der Waals surface area contributed by atoms with Crippen LogP contribution in [-0.2, 0) is 9.53 Å². The van der Waals surface area contributed by atoms with Gasteiger partial charge in [0.15, 0.2) is 0 Å². The third kappa shape index (κ3) is 3.28. The molecule has 0 unspecified atom stereocenters. The molecule has 1 N–H and O–H groups in total. The predicted octanol–water partition coefficient (Wildman–Crippen LogP) is 4.14.